The predicted octanol–water partition coefficient (Wildman–Crippen LogP) is 2.28. The van der Waals surface area contributed by atoms with E-state index in [0.717, 1.165) is 11.3 Å². The molecule has 0 N–H and O–H groups in total. The molecule has 1 atom stereocenters. The van der Waals surface area contributed by atoms with Gasteiger partial charge in [0.15, 0.2) is 0 Å². The van der Waals surface area contributed by atoms with Crippen molar-refractivity contribution in [2.45, 2.75) is 26.4 Å². The predicted molar refractivity (Wildman–Crippen MR) is 70.2 cm³/mol. The number of ether oxygens (including phenoxy) is 1. The number of nitrogens with zero attached hydrogens (tertiary/aromatic N) is 2. The Morgan fingerprint density at radius 1 is 1.44 bits per heavy atom. The molecule has 0 heterocycles. The SMILES string of the molecule is COC(C)C(=O)N(CCC#N)c1ccc(C)cc1. The monoisotopic (exact) mass is 246 g/mol. The number of anilines is 1. The Labute approximate surface area is 108 Å². The van der Waals surface area contributed by atoms with Gasteiger partial charge in [0.2, 0.25) is 0 Å². The largest absolute Gasteiger partial charge is 0.372 e. The van der Waals surface area contributed by atoms with E-state index in [9.17, 15) is 4.79 Å². The van der Waals surface area contributed by atoms with Crippen LogP contribution in [0, 0.1) is 18.3 Å². The second kappa shape index (κ2) is 6.77. The molecule has 4 nitrogen and oxygen atoms in total. The molecule has 96 valence electrons. The van der Waals surface area contributed by atoms with Gasteiger partial charge >= 0.3 is 0 Å². The first-order chi connectivity index (χ1) is 8.60. The van der Waals surface area contributed by atoms with E-state index >= 15 is 0 Å². The second-order valence-electron chi connectivity index (χ2n) is 4.11. The van der Waals surface area contributed by atoms with Gasteiger partial charge in [-0.05, 0) is 26.0 Å². The van der Waals surface area contributed by atoms with E-state index in [4.69, 9.17) is 10.00 Å². The highest BCUT2D eigenvalue weighted by atomic mass is 16.5. The number of nitriles is 1. The van der Waals surface area contributed by atoms with Crippen LogP contribution in [0.5, 0.6) is 0 Å². The smallest absolute Gasteiger partial charge is 0.255 e. The molecule has 0 fully saturated rings. The third kappa shape index (κ3) is 3.57. The Morgan fingerprint density at radius 2 is 2.06 bits per heavy atom. The van der Waals surface area contributed by atoms with Crippen molar-refractivity contribution in [3.8, 4) is 6.07 Å². The van der Waals surface area contributed by atoms with Gasteiger partial charge in [0.05, 0.1) is 12.5 Å². The van der Waals surface area contributed by atoms with Crippen molar-refractivity contribution >= 4 is 11.6 Å². The Hall–Kier alpha value is -1.86. The molecule has 1 unspecified atom stereocenters. The number of hydrogen-bond donors (Lipinski definition) is 0. The summed E-state index contributed by atoms with van der Waals surface area (Å²) in [6.07, 6.45) is -0.208. The van der Waals surface area contributed by atoms with E-state index in [1.165, 1.54) is 7.11 Å². The minimum atomic E-state index is -0.509. The van der Waals surface area contributed by atoms with Crippen molar-refractivity contribution in [3.63, 3.8) is 0 Å². The number of amides is 1. The summed E-state index contributed by atoms with van der Waals surface area (Å²) in [5.74, 6) is -0.128. The summed E-state index contributed by atoms with van der Waals surface area (Å²) in [6.45, 7) is 4.07. The fraction of sp³-hybridized carbons (Fsp3) is 0.429. The van der Waals surface area contributed by atoms with Crippen LogP contribution in [0.4, 0.5) is 5.69 Å². The summed E-state index contributed by atoms with van der Waals surface area (Å²) < 4.78 is 5.04. The zero-order valence-corrected chi connectivity index (χ0v) is 11.0. The fourth-order valence-corrected chi connectivity index (χ4v) is 1.57. The van der Waals surface area contributed by atoms with Gasteiger partial charge in [-0.3, -0.25) is 4.79 Å². The minimum Gasteiger partial charge on any atom is -0.372 e. The molecular weight excluding hydrogens is 228 g/mol. The highest BCUT2D eigenvalue weighted by Gasteiger charge is 2.21. The molecule has 18 heavy (non-hydrogen) atoms. The molecule has 1 aromatic rings. The van der Waals surface area contributed by atoms with E-state index in [-0.39, 0.29) is 5.91 Å². The molecule has 0 bridgehead atoms. The van der Waals surface area contributed by atoms with Gasteiger partial charge in [0.25, 0.3) is 5.91 Å². The zero-order valence-electron chi connectivity index (χ0n) is 11.0. The molecule has 1 amide bonds. The average Bonchev–Trinajstić information content (AvgIpc) is 2.39. The van der Waals surface area contributed by atoms with Crippen LogP contribution in [-0.2, 0) is 9.53 Å². The highest BCUT2D eigenvalue weighted by molar-refractivity contribution is 5.96. The number of methoxy groups -OCH3 is 1. The van der Waals surface area contributed by atoms with E-state index in [0.29, 0.717) is 13.0 Å². The number of aryl methyl sites for hydroxylation is 1. The van der Waals surface area contributed by atoms with Crippen LogP contribution < -0.4 is 4.90 Å². The average molecular weight is 246 g/mol. The summed E-state index contributed by atoms with van der Waals surface area (Å²) in [6, 6.07) is 9.71. The number of carbonyl (C=O) groups excluding carboxylic acids is 1. The van der Waals surface area contributed by atoms with Crippen LogP contribution in [0.2, 0.25) is 0 Å². The lowest BCUT2D eigenvalue weighted by Gasteiger charge is -2.24. The fourth-order valence-electron chi connectivity index (χ4n) is 1.57. The van der Waals surface area contributed by atoms with Crippen molar-refractivity contribution in [3.05, 3.63) is 29.8 Å². The summed E-state index contributed by atoms with van der Waals surface area (Å²) in [7, 11) is 1.50. The van der Waals surface area contributed by atoms with Crippen LogP contribution in [-0.4, -0.2) is 25.7 Å². The van der Waals surface area contributed by atoms with E-state index < -0.39 is 6.10 Å². The van der Waals surface area contributed by atoms with Crippen LogP contribution in [0.25, 0.3) is 0 Å². The molecule has 0 aliphatic heterocycles. The van der Waals surface area contributed by atoms with Gasteiger partial charge in [-0.1, -0.05) is 17.7 Å². The van der Waals surface area contributed by atoms with Gasteiger partial charge in [0.1, 0.15) is 6.10 Å². The summed E-state index contributed by atoms with van der Waals surface area (Å²) in [5, 5.41) is 8.66. The molecule has 0 aliphatic carbocycles. The molecule has 0 radical (unpaired) electrons. The third-order valence-corrected chi connectivity index (χ3v) is 2.76. The van der Waals surface area contributed by atoms with E-state index in [2.05, 4.69) is 6.07 Å². The topological polar surface area (TPSA) is 53.3 Å². The van der Waals surface area contributed by atoms with Gasteiger partial charge in [0, 0.05) is 19.3 Å². The van der Waals surface area contributed by atoms with E-state index in [1.54, 1.807) is 11.8 Å². The van der Waals surface area contributed by atoms with Gasteiger partial charge < -0.3 is 9.64 Å². The molecule has 1 rings (SSSR count). The Morgan fingerprint density at radius 3 is 2.56 bits per heavy atom. The molecule has 4 heteroatoms. The quantitative estimate of drug-likeness (QED) is 0.800. The molecular formula is C14H18N2O2. The molecule has 0 spiro atoms. The number of carbonyl (C=O) groups is 1. The van der Waals surface area contributed by atoms with Crippen molar-refractivity contribution in [2.24, 2.45) is 0 Å². The van der Waals surface area contributed by atoms with Gasteiger partial charge in [-0.2, -0.15) is 5.26 Å². The third-order valence-electron chi connectivity index (χ3n) is 2.76. The maximum Gasteiger partial charge on any atom is 0.255 e. The van der Waals surface area contributed by atoms with Crippen molar-refractivity contribution < 1.29 is 9.53 Å². The van der Waals surface area contributed by atoms with Crippen LogP contribution in [0.15, 0.2) is 24.3 Å². The summed E-state index contributed by atoms with van der Waals surface area (Å²) >= 11 is 0. The van der Waals surface area contributed by atoms with Crippen LogP contribution >= 0.6 is 0 Å². The van der Waals surface area contributed by atoms with Crippen molar-refractivity contribution in [1.29, 1.82) is 5.26 Å². The van der Waals surface area contributed by atoms with E-state index in [1.807, 2.05) is 31.2 Å². The summed E-state index contributed by atoms with van der Waals surface area (Å²) in [5.41, 5.74) is 1.93. The molecule has 1 aromatic carbocycles. The number of hydrogen-bond acceptors (Lipinski definition) is 3. The number of rotatable bonds is 5. The minimum absolute atomic E-state index is 0.128. The Balaban J connectivity index is 2.94. The van der Waals surface area contributed by atoms with Gasteiger partial charge in [-0.25, -0.2) is 0 Å². The maximum absolute atomic E-state index is 12.2. The standard InChI is InChI=1S/C14H18N2O2/c1-11-5-7-13(8-6-11)16(10-4-9-15)14(17)12(2)18-3/h5-8,12H,4,10H2,1-3H3. The molecule has 0 saturated carbocycles. The summed E-state index contributed by atoms with van der Waals surface area (Å²) in [4.78, 5) is 13.8. The van der Waals surface area contributed by atoms with Crippen molar-refractivity contribution in [2.75, 3.05) is 18.6 Å². The maximum atomic E-state index is 12.2. The lowest BCUT2D eigenvalue weighted by atomic mass is 10.2. The Kier molecular flexibility index (Phi) is 5.34. The second-order valence-corrected chi connectivity index (χ2v) is 4.11. The molecule has 0 aliphatic rings. The van der Waals surface area contributed by atoms with Gasteiger partial charge in [-0.15, -0.1) is 0 Å². The Bertz CT molecular complexity index is 434. The lowest BCUT2D eigenvalue weighted by Crippen LogP contribution is -2.39. The molecule has 0 aromatic heterocycles. The van der Waals surface area contributed by atoms with Crippen LogP contribution in [0.3, 0.4) is 0 Å². The zero-order chi connectivity index (χ0) is 13.5. The normalized spacial score (nSPS) is 11.7. The van der Waals surface area contributed by atoms with Crippen molar-refractivity contribution in [1.82, 2.24) is 0 Å². The molecule has 0 saturated heterocycles. The number of benzene rings is 1. The first-order valence-corrected chi connectivity index (χ1v) is 5.88. The lowest BCUT2D eigenvalue weighted by molar-refractivity contribution is -0.127. The highest BCUT2D eigenvalue weighted by Crippen LogP contribution is 2.17. The first-order valence-electron chi connectivity index (χ1n) is 5.88. The first kappa shape index (κ1) is 14.2. The van der Waals surface area contributed by atoms with Crippen LogP contribution in [0.1, 0.15) is 18.9 Å².